The van der Waals surface area contributed by atoms with Crippen LogP contribution in [-0.2, 0) is 9.59 Å². The minimum absolute atomic E-state index is 0.0726. The van der Waals surface area contributed by atoms with E-state index in [1.165, 1.54) is 24.6 Å². The molecule has 0 aromatic heterocycles. The van der Waals surface area contributed by atoms with Crippen molar-refractivity contribution in [3.63, 3.8) is 0 Å². The van der Waals surface area contributed by atoms with Gasteiger partial charge in [0, 0.05) is 23.6 Å². The molecule has 0 fully saturated rings. The Hall–Kier alpha value is -4.46. The van der Waals surface area contributed by atoms with E-state index in [9.17, 15) is 24.9 Å². The van der Waals surface area contributed by atoms with Crippen LogP contribution in [-0.4, -0.2) is 50.8 Å². The van der Waals surface area contributed by atoms with E-state index in [0.717, 1.165) is 0 Å². The molecular formula is C27H28N2O6. The van der Waals surface area contributed by atoms with Crippen LogP contribution >= 0.6 is 0 Å². The van der Waals surface area contributed by atoms with Crippen molar-refractivity contribution in [1.82, 2.24) is 0 Å². The third kappa shape index (κ3) is 8.43. The number of benzene rings is 3. The normalized spacial score (nSPS) is 12.8. The number of rotatable bonds is 8. The Balaban J connectivity index is 0.000000251. The molecule has 8 heteroatoms. The minimum Gasteiger partial charge on any atom is -0.507 e. The van der Waals surface area contributed by atoms with Gasteiger partial charge in [0.1, 0.15) is 17.5 Å². The van der Waals surface area contributed by atoms with Gasteiger partial charge >= 0.3 is 11.9 Å². The molecule has 0 bridgehead atoms. The number of carboxylic acids is 2. The molecule has 3 aromatic rings. The Kier molecular flexibility index (Phi) is 10.2. The zero-order chi connectivity index (χ0) is 25.8. The van der Waals surface area contributed by atoms with E-state index in [-0.39, 0.29) is 17.4 Å². The maximum atomic E-state index is 11.2. The molecule has 0 heterocycles. The van der Waals surface area contributed by atoms with Crippen molar-refractivity contribution in [3.05, 3.63) is 95.6 Å². The lowest BCUT2D eigenvalue weighted by Crippen LogP contribution is -2.24. The fourth-order valence-electron chi connectivity index (χ4n) is 2.96. The van der Waals surface area contributed by atoms with E-state index in [0.29, 0.717) is 16.7 Å². The highest BCUT2D eigenvalue weighted by molar-refractivity contribution is 5.87. The van der Waals surface area contributed by atoms with Crippen molar-refractivity contribution in [2.24, 2.45) is 15.9 Å². The van der Waals surface area contributed by atoms with Gasteiger partial charge in [-0.1, -0.05) is 68.4 Å². The van der Waals surface area contributed by atoms with Gasteiger partial charge in [-0.3, -0.25) is 9.98 Å². The highest BCUT2D eigenvalue weighted by atomic mass is 16.4. The van der Waals surface area contributed by atoms with Crippen molar-refractivity contribution in [2.45, 2.75) is 25.9 Å². The van der Waals surface area contributed by atoms with Crippen LogP contribution in [0.1, 0.15) is 36.6 Å². The molecule has 8 nitrogen and oxygen atoms in total. The SMILES string of the molecule is CC(C)C(N=Cc1ccccc1O)C(=O)O.O=C(O)[C@@H](N=Cc1ccccc1O)c1ccccc1. The fourth-order valence-corrected chi connectivity index (χ4v) is 2.96. The molecule has 2 atom stereocenters. The first kappa shape index (κ1) is 26.8. The summed E-state index contributed by atoms with van der Waals surface area (Å²) in [6.45, 7) is 3.59. The van der Waals surface area contributed by atoms with Gasteiger partial charge < -0.3 is 20.4 Å². The molecule has 4 N–H and O–H groups in total. The Morgan fingerprint density at radius 3 is 1.57 bits per heavy atom. The van der Waals surface area contributed by atoms with Crippen LogP contribution in [0.5, 0.6) is 11.5 Å². The van der Waals surface area contributed by atoms with E-state index in [1.807, 2.05) is 6.07 Å². The molecule has 0 aliphatic heterocycles. The average Bonchev–Trinajstić information content (AvgIpc) is 2.82. The van der Waals surface area contributed by atoms with Crippen LogP contribution in [0.3, 0.4) is 0 Å². The van der Waals surface area contributed by atoms with E-state index in [4.69, 9.17) is 5.11 Å². The van der Waals surface area contributed by atoms with E-state index in [2.05, 4.69) is 9.98 Å². The first-order valence-electron chi connectivity index (χ1n) is 10.8. The van der Waals surface area contributed by atoms with Gasteiger partial charge in [-0.05, 0) is 35.7 Å². The van der Waals surface area contributed by atoms with Crippen LogP contribution in [0.25, 0.3) is 0 Å². The summed E-state index contributed by atoms with van der Waals surface area (Å²) in [5.74, 6) is -1.90. The maximum absolute atomic E-state index is 11.2. The zero-order valence-corrected chi connectivity index (χ0v) is 19.4. The third-order valence-electron chi connectivity index (χ3n) is 4.84. The number of para-hydroxylation sites is 2. The molecule has 3 rings (SSSR count). The van der Waals surface area contributed by atoms with Crippen molar-refractivity contribution >= 4 is 24.4 Å². The van der Waals surface area contributed by atoms with Crippen LogP contribution < -0.4 is 0 Å². The highest BCUT2D eigenvalue weighted by Crippen LogP contribution is 2.19. The summed E-state index contributed by atoms with van der Waals surface area (Å²) in [5.41, 5.74) is 1.61. The van der Waals surface area contributed by atoms with Gasteiger partial charge in [0.25, 0.3) is 0 Å². The van der Waals surface area contributed by atoms with Crippen LogP contribution in [0, 0.1) is 5.92 Å². The number of aliphatic carboxylic acids is 2. The van der Waals surface area contributed by atoms with E-state index < -0.39 is 24.0 Å². The number of carboxylic acid groups (broad SMARTS) is 2. The maximum Gasteiger partial charge on any atom is 0.333 e. The number of hydrogen-bond acceptors (Lipinski definition) is 6. The van der Waals surface area contributed by atoms with Crippen molar-refractivity contribution in [1.29, 1.82) is 0 Å². The molecule has 0 radical (unpaired) electrons. The van der Waals surface area contributed by atoms with Gasteiger partial charge in [0.05, 0.1) is 0 Å². The van der Waals surface area contributed by atoms with Gasteiger partial charge in [-0.15, -0.1) is 0 Å². The highest BCUT2D eigenvalue weighted by Gasteiger charge is 2.19. The summed E-state index contributed by atoms with van der Waals surface area (Å²) in [5, 5.41) is 37.2. The number of aliphatic imine (C=N–C) groups is 2. The fraction of sp³-hybridized carbons (Fsp3) is 0.185. The number of carbonyl (C=O) groups is 2. The summed E-state index contributed by atoms with van der Waals surface area (Å²) in [6, 6.07) is 20.3. The van der Waals surface area contributed by atoms with Gasteiger partial charge in [-0.25, -0.2) is 9.59 Å². The zero-order valence-electron chi connectivity index (χ0n) is 19.4. The van der Waals surface area contributed by atoms with Gasteiger partial charge in [-0.2, -0.15) is 0 Å². The smallest absolute Gasteiger partial charge is 0.333 e. The monoisotopic (exact) mass is 476 g/mol. The predicted octanol–water partition coefficient (Wildman–Crippen LogP) is 4.56. The lowest BCUT2D eigenvalue weighted by Gasteiger charge is -2.10. The molecule has 0 aliphatic carbocycles. The van der Waals surface area contributed by atoms with Crippen LogP contribution in [0.2, 0.25) is 0 Å². The van der Waals surface area contributed by atoms with Crippen molar-refractivity contribution in [3.8, 4) is 11.5 Å². The Labute approximate surface area is 203 Å². The molecule has 182 valence electrons. The number of phenolic OH excluding ortho intramolecular Hbond substituents is 2. The van der Waals surface area contributed by atoms with Crippen molar-refractivity contribution in [2.75, 3.05) is 0 Å². The lowest BCUT2D eigenvalue weighted by atomic mass is 10.1. The Morgan fingerprint density at radius 2 is 1.14 bits per heavy atom. The molecular weight excluding hydrogens is 448 g/mol. The van der Waals surface area contributed by atoms with Gasteiger partial charge in [0.15, 0.2) is 6.04 Å². The second-order valence-corrected chi connectivity index (χ2v) is 7.85. The van der Waals surface area contributed by atoms with E-state index >= 15 is 0 Å². The molecule has 0 spiro atoms. The second-order valence-electron chi connectivity index (χ2n) is 7.85. The second kappa shape index (κ2) is 13.3. The molecule has 0 saturated heterocycles. The van der Waals surface area contributed by atoms with Crippen LogP contribution in [0.15, 0.2) is 88.8 Å². The predicted molar refractivity (Wildman–Crippen MR) is 134 cm³/mol. The molecule has 35 heavy (non-hydrogen) atoms. The number of phenols is 2. The molecule has 3 aromatic carbocycles. The minimum atomic E-state index is -1.03. The first-order chi connectivity index (χ1) is 16.7. The summed E-state index contributed by atoms with van der Waals surface area (Å²) in [6.07, 6.45) is 2.77. The molecule has 0 saturated carbocycles. The summed E-state index contributed by atoms with van der Waals surface area (Å²) >= 11 is 0. The number of aromatic hydroxyl groups is 2. The van der Waals surface area contributed by atoms with E-state index in [1.54, 1.807) is 74.5 Å². The largest absolute Gasteiger partial charge is 0.507 e. The van der Waals surface area contributed by atoms with Crippen LogP contribution in [0.4, 0.5) is 0 Å². The Morgan fingerprint density at radius 1 is 0.686 bits per heavy atom. The molecule has 0 aliphatic rings. The molecule has 0 amide bonds. The standard InChI is InChI=1S/C15H13NO3.C12H15NO3/c17-13-9-5-4-8-12(13)10-16-14(15(18)19)11-6-2-1-3-7-11;1-8(2)11(12(15)16)13-7-9-5-3-4-6-10(9)14/h1-10,14,17H,(H,18,19);3-8,11,14H,1-2H3,(H,15,16)/t14-;/m0./s1. The lowest BCUT2D eigenvalue weighted by molar-refractivity contribution is -0.140. The average molecular weight is 477 g/mol. The van der Waals surface area contributed by atoms with Gasteiger partial charge in [0.2, 0.25) is 0 Å². The topological polar surface area (TPSA) is 140 Å². The summed E-state index contributed by atoms with van der Waals surface area (Å²) in [7, 11) is 0. The quantitative estimate of drug-likeness (QED) is 0.352. The summed E-state index contributed by atoms with van der Waals surface area (Å²) < 4.78 is 0. The number of nitrogens with zero attached hydrogens (tertiary/aromatic N) is 2. The number of hydrogen-bond donors (Lipinski definition) is 4. The third-order valence-corrected chi connectivity index (χ3v) is 4.84. The first-order valence-corrected chi connectivity index (χ1v) is 10.8. The van der Waals surface area contributed by atoms with Crippen molar-refractivity contribution < 1.29 is 30.0 Å². The summed E-state index contributed by atoms with van der Waals surface area (Å²) in [4.78, 5) is 30.1. The Bertz CT molecular complexity index is 1180. The molecule has 1 unspecified atom stereocenters.